The van der Waals surface area contributed by atoms with E-state index in [0.717, 1.165) is 63.4 Å². The molecule has 3 nitrogen and oxygen atoms in total. The van der Waals surface area contributed by atoms with Crippen molar-refractivity contribution in [3.8, 4) is 0 Å². The number of hydrogen-bond acceptors (Lipinski definition) is 3. The minimum atomic E-state index is -0.591. The highest BCUT2D eigenvalue weighted by Crippen LogP contribution is 2.40. The van der Waals surface area contributed by atoms with E-state index >= 15 is 0 Å². The van der Waals surface area contributed by atoms with Gasteiger partial charge in [-0.2, -0.15) is 0 Å². The maximum absolute atomic E-state index is 11.5. The van der Waals surface area contributed by atoms with Gasteiger partial charge in [0.1, 0.15) is 0 Å². The summed E-state index contributed by atoms with van der Waals surface area (Å²) >= 11 is 6.24. The molecule has 1 saturated carbocycles. The summed E-state index contributed by atoms with van der Waals surface area (Å²) in [5.41, 5.74) is 0.604. The zero-order chi connectivity index (χ0) is 16.1. The molecule has 2 N–H and O–H groups in total. The van der Waals surface area contributed by atoms with E-state index < -0.39 is 5.60 Å². The Kier molecular flexibility index (Phi) is 10.1. The van der Waals surface area contributed by atoms with Crippen LogP contribution in [0.4, 0.5) is 0 Å². The SMILES string of the molecule is Cl.Cl.OC1(C(CN2CCNCC2)c2cccc(Cl)c2)CCCCCC1. The second kappa shape index (κ2) is 11.0. The third kappa shape index (κ3) is 6.27. The van der Waals surface area contributed by atoms with Crippen molar-refractivity contribution in [2.45, 2.75) is 50.0 Å². The first kappa shape index (κ1) is 23.0. The molecule has 0 bridgehead atoms. The fourth-order valence-corrected chi connectivity index (χ4v) is 4.35. The van der Waals surface area contributed by atoms with Gasteiger partial charge in [-0.05, 0) is 30.5 Å². The summed E-state index contributed by atoms with van der Waals surface area (Å²) in [4.78, 5) is 2.49. The van der Waals surface area contributed by atoms with Crippen molar-refractivity contribution in [3.63, 3.8) is 0 Å². The minimum absolute atomic E-state index is 0. The fourth-order valence-electron chi connectivity index (χ4n) is 4.15. The van der Waals surface area contributed by atoms with Gasteiger partial charge in [0.15, 0.2) is 0 Å². The Morgan fingerprint density at radius 1 is 1.08 bits per heavy atom. The lowest BCUT2D eigenvalue weighted by Gasteiger charge is -2.40. The van der Waals surface area contributed by atoms with E-state index in [0.29, 0.717) is 0 Å². The molecule has 1 aliphatic heterocycles. The average Bonchev–Trinajstić information content (AvgIpc) is 2.79. The quantitative estimate of drug-likeness (QED) is 0.729. The molecule has 1 aromatic rings. The van der Waals surface area contributed by atoms with Gasteiger partial charge < -0.3 is 15.3 Å². The lowest BCUT2D eigenvalue weighted by molar-refractivity contribution is -0.0144. The number of nitrogens with one attached hydrogen (secondary N) is 1. The highest BCUT2D eigenvalue weighted by atomic mass is 35.5. The molecule has 1 atom stereocenters. The summed E-state index contributed by atoms with van der Waals surface area (Å²) in [6.45, 7) is 5.14. The van der Waals surface area contributed by atoms with Crippen molar-refractivity contribution in [1.29, 1.82) is 0 Å². The molecule has 2 aliphatic rings. The summed E-state index contributed by atoms with van der Waals surface area (Å²) in [7, 11) is 0. The van der Waals surface area contributed by atoms with Gasteiger partial charge in [0.25, 0.3) is 0 Å². The van der Waals surface area contributed by atoms with E-state index in [1.165, 1.54) is 18.4 Å². The van der Waals surface area contributed by atoms with Crippen LogP contribution in [-0.4, -0.2) is 48.3 Å². The maximum atomic E-state index is 11.5. The number of nitrogens with zero attached hydrogens (tertiary/aromatic N) is 1. The molecule has 1 unspecified atom stereocenters. The second-order valence-electron chi connectivity index (χ2n) is 7.18. The largest absolute Gasteiger partial charge is 0.389 e. The number of halogens is 3. The van der Waals surface area contributed by atoms with Crippen molar-refractivity contribution >= 4 is 36.4 Å². The van der Waals surface area contributed by atoms with Crippen LogP contribution in [0.1, 0.15) is 50.0 Å². The standard InChI is InChI=1S/C19H29ClN2O.2ClH/c20-17-7-5-6-16(14-17)18(15-22-12-10-21-11-13-22)19(23)8-3-1-2-4-9-19;;/h5-7,14,18,21,23H,1-4,8-13,15H2;2*1H. The Hall–Kier alpha value is -0.0300. The van der Waals surface area contributed by atoms with Gasteiger partial charge in [0.2, 0.25) is 0 Å². The lowest BCUT2D eigenvalue weighted by Crippen LogP contribution is -2.49. The number of aliphatic hydroxyl groups is 1. The molecule has 6 heteroatoms. The van der Waals surface area contributed by atoms with Crippen LogP contribution in [0.5, 0.6) is 0 Å². The summed E-state index contributed by atoms with van der Waals surface area (Å²) in [6, 6.07) is 8.13. The van der Waals surface area contributed by atoms with Gasteiger partial charge in [-0.25, -0.2) is 0 Å². The van der Waals surface area contributed by atoms with Crippen molar-refractivity contribution in [2.75, 3.05) is 32.7 Å². The van der Waals surface area contributed by atoms with E-state index in [4.69, 9.17) is 11.6 Å². The fraction of sp³-hybridized carbons (Fsp3) is 0.684. The first-order valence-corrected chi connectivity index (χ1v) is 9.46. The zero-order valence-electron chi connectivity index (χ0n) is 14.8. The van der Waals surface area contributed by atoms with Crippen LogP contribution in [-0.2, 0) is 0 Å². The smallest absolute Gasteiger partial charge is 0.0728 e. The van der Waals surface area contributed by atoms with Gasteiger partial charge in [-0.3, -0.25) is 0 Å². The van der Waals surface area contributed by atoms with Gasteiger partial charge in [0.05, 0.1) is 5.60 Å². The monoisotopic (exact) mass is 408 g/mol. The van der Waals surface area contributed by atoms with Crippen LogP contribution >= 0.6 is 36.4 Å². The molecule has 0 spiro atoms. The van der Waals surface area contributed by atoms with Gasteiger partial charge >= 0.3 is 0 Å². The summed E-state index contributed by atoms with van der Waals surface area (Å²) in [5.74, 6) is 0.150. The number of piperazine rings is 1. The lowest BCUT2D eigenvalue weighted by atomic mass is 9.76. The van der Waals surface area contributed by atoms with Crippen LogP contribution in [0.25, 0.3) is 0 Å². The van der Waals surface area contributed by atoms with Crippen molar-refractivity contribution < 1.29 is 5.11 Å². The normalized spacial score (nSPS) is 22.2. The molecule has 1 saturated heterocycles. The second-order valence-corrected chi connectivity index (χ2v) is 7.61. The highest BCUT2D eigenvalue weighted by Gasteiger charge is 2.38. The Labute approximate surface area is 169 Å². The van der Waals surface area contributed by atoms with E-state index in [2.05, 4.69) is 22.3 Å². The van der Waals surface area contributed by atoms with Crippen LogP contribution < -0.4 is 5.32 Å². The molecule has 0 radical (unpaired) electrons. The van der Waals surface area contributed by atoms with Crippen molar-refractivity contribution in [3.05, 3.63) is 34.9 Å². The minimum Gasteiger partial charge on any atom is -0.389 e. The van der Waals surface area contributed by atoms with E-state index in [1.807, 2.05) is 12.1 Å². The molecule has 0 amide bonds. The Morgan fingerprint density at radius 2 is 1.72 bits per heavy atom. The molecule has 3 rings (SSSR count). The summed E-state index contributed by atoms with van der Waals surface area (Å²) in [5, 5.41) is 15.7. The summed E-state index contributed by atoms with van der Waals surface area (Å²) < 4.78 is 0. The third-order valence-electron chi connectivity index (χ3n) is 5.52. The summed E-state index contributed by atoms with van der Waals surface area (Å²) in [6.07, 6.45) is 6.59. The first-order chi connectivity index (χ1) is 11.2. The number of rotatable bonds is 4. The van der Waals surface area contributed by atoms with Crippen LogP contribution in [0.2, 0.25) is 5.02 Å². The maximum Gasteiger partial charge on any atom is 0.0728 e. The molecule has 2 fully saturated rings. The van der Waals surface area contributed by atoms with Crippen molar-refractivity contribution in [2.24, 2.45) is 0 Å². The molecule has 1 heterocycles. The van der Waals surface area contributed by atoms with Crippen LogP contribution in [0.3, 0.4) is 0 Å². The third-order valence-corrected chi connectivity index (χ3v) is 5.75. The van der Waals surface area contributed by atoms with E-state index in [9.17, 15) is 5.11 Å². The van der Waals surface area contributed by atoms with E-state index in [1.54, 1.807) is 0 Å². The Bertz CT molecular complexity index is 501. The molecular formula is C19H31Cl3N2O. The molecular weight excluding hydrogens is 379 g/mol. The zero-order valence-corrected chi connectivity index (χ0v) is 17.1. The van der Waals surface area contributed by atoms with Crippen LogP contribution in [0.15, 0.2) is 24.3 Å². The highest BCUT2D eigenvalue weighted by molar-refractivity contribution is 6.30. The number of hydrogen-bond donors (Lipinski definition) is 2. The average molecular weight is 410 g/mol. The molecule has 0 aromatic heterocycles. The predicted molar refractivity (Wildman–Crippen MR) is 111 cm³/mol. The number of benzene rings is 1. The van der Waals surface area contributed by atoms with Crippen LogP contribution in [0, 0.1) is 0 Å². The molecule has 1 aliphatic carbocycles. The molecule has 25 heavy (non-hydrogen) atoms. The van der Waals surface area contributed by atoms with Crippen molar-refractivity contribution in [1.82, 2.24) is 10.2 Å². The topological polar surface area (TPSA) is 35.5 Å². The molecule has 1 aromatic carbocycles. The Morgan fingerprint density at radius 3 is 2.32 bits per heavy atom. The van der Waals surface area contributed by atoms with Gasteiger partial charge in [0, 0.05) is 43.7 Å². The molecule has 144 valence electrons. The Balaban J connectivity index is 0.00000156. The van der Waals surface area contributed by atoms with Gasteiger partial charge in [-0.1, -0.05) is 49.4 Å². The van der Waals surface area contributed by atoms with E-state index in [-0.39, 0.29) is 30.7 Å². The van der Waals surface area contributed by atoms with Gasteiger partial charge in [-0.15, -0.1) is 24.8 Å². The first-order valence-electron chi connectivity index (χ1n) is 9.08. The predicted octanol–water partition coefficient (Wildman–Crippen LogP) is 4.26.